The molecule has 0 unspecified atom stereocenters. The molecule has 0 spiro atoms. The highest BCUT2D eigenvalue weighted by Crippen LogP contribution is 2.52. The van der Waals surface area contributed by atoms with Crippen LogP contribution in [0, 0.1) is 0 Å². The molecule has 8 aromatic rings. The average Bonchev–Trinajstić information content (AvgIpc) is 3.34. The van der Waals surface area contributed by atoms with Crippen LogP contribution in [0.15, 0.2) is 152 Å². The molecule has 9 rings (SSSR count). The van der Waals surface area contributed by atoms with Gasteiger partial charge in [-0.15, -0.1) is 0 Å². The highest BCUT2D eigenvalue weighted by molar-refractivity contribution is 6.19. The largest absolute Gasteiger partial charge is 0.309 e. The molecule has 0 aliphatic heterocycles. The lowest BCUT2D eigenvalue weighted by Gasteiger charge is -2.30. The molecule has 0 fully saturated rings. The van der Waals surface area contributed by atoms with E-state index in [9.17, 15) is 0 Å². The number of anilines is 3. The van der Waals surface area contributed by atoms with E-state index in [1.165, 1.54) is 88.8 Å². The van der Waals surface area contributed by atoms with E-state index in [1.807, 2.05) is 0 Å². The number of nitrogens with zero attached hydrogens (tertiary/aromatic N) is 1. The third-order valence-corrected chi connectivity index (χ3v) is 9.80. The fraction of sp³-hybridized carbons (Fsp3) is 0.130. The van der Waals surface area contributed by atoms with E-state index in [-0.39, 0.29) is 5.41 Å². The van der Waals surface area contributed by atoms with E-state index >= 15 is 0 Å². The summed E-state index contributed by atoms with van der Waals surface area (Å²) in [6.45, 7) is 8.98. The lowest BCUT2D eigenvalue weighted by Crippen LogP contribution is -2.17. The van der Waals surface area contributed by atoms with Crippen molar-refractivity contribution in [3.05, 3.63) is 163 Å². The molecule has 0 saturated carbocycles. The molecule has 1 heteroatoms. The summed E-state index contributed by atoms with van der Waals surface area (Å²) < 4.78 is 0. The maximum absolute atomic E-state index is 2.52. The Hall–Kier alpha value is -5.40. The van der Waals surface area contributed by atoms with Crippen molar-refractivity contribution < 1.29 is 0 Å². The van der Waals surface area contributed by atoms with Crippen molar-refractivity contribution in [2.45, 2.75) is 39.5 Å². The van der Waals surface area contributed by atoms with Crippen LogP contribution in [-0.4, -0.2) is 0 Å². The SMILES string of the molecule is CC1(C)c2ccccc2-c2ccc(N(c3cccc4ccc5ccccc5c34)c3cccc4ccc5ccccc5c34)cc21.CCC. The van der Waals surface area contributed by atoms with E-state index in [1.54, 1.807) is 0 Å². The standard InChI is InChI=1S/C43H31N.C3H8/c1-43(2)37-18-8-7-17-35(37)36-26-25-32(27-38(36)43)44(39-19-9-13-30-23-21-28-11-3-5-15-33(28)41(30)39)40-20-10-14-31-24-22-29-12-4-6-16-34(29)42(31)40;1-3-2/h3-27H,1-2H3;3H2,1-2H3. The third-order valence-electron chi connectivity index (χ3n) is 9.80. The van der Waals surface area contributed by atoms with Gasteiger partial charge in [-0.3, -0.25) is 0 Å². The van der Waals surface area contributed by atoms with Gasteiger partial charge in [0.05, 0.1) is 11.4 Å². The van der Waals surface area contributed by atoms with Crippen LogP contribution in [0.25, 0.3) is 54.2 Å². The Morgan fingerprint density at radius 3 is 1.51 bits per heavy atom. The number of rotatable bonds is 3. The van der Waals surface area contributed by atoms with Crippen LogP contribution in [0.2, 0.25) is 0 Å². The van der Waals surface area contributed by atoms with Gasteiger partial charge in [-0.05, 0) is 78.8 Å². The molecule has 0 atom stereocenters. The van der Waals surface area contributed by atoms with Crippen LogP contribution < -0.4 is 4.90 Å². The van der Waals surface area contributed by atoms with E-state index in [4.69, 9.17) is 0 Å². The second kappa shape index (κ2) is 11.4. The number of hydrogen-bond acceptors (Lipinski definition) is 1. The number of fused-ring (bicyclic) bond motifs is 9. The van der Waals surface area contributed by atoms with Crippen molar-refractivity contribution in [1.82, 2.24) is 0 Å². The second-order valence-electron chi connectivity index (χ2n) is 13.3. The lowest BCUT2D eigenvalue weighted by atomic mass is 9.82. The summed E-state index contributed by atoms with van der Waals surface area (Å²) in [4.78, 5) is 2.52. The predicted octanol–water partition coefficient (Wildman–Crippen LogP) is 13.5. The molecule has 0 saturated heterocycles. The third kappa shape index (κ3) is 4.61. The topological polar surface area (TPSA) is 3.24 Å². The smallest absolute Gasteiger partial charge is 0.0546 e. The molecule has 0 N–H and O–H groups in total. The van der Waals surface area contributed by atoms with Gasteiger partial charge in [-0.1, -0.05) is 162 Å². The molecule has 0 amide bonds. The summed E-state index contributed by atoms with van der Waals surface area (Å²) >= 11 is 0. The highest BCUT2D eigenvalue weighted by atomic mass is 15.1. The van der Waals surface area contributed by atoms with Gasteiger partial charge in [-0.25, -0.2) is 0 Å². The summed E-state index contributed by atoms with van der Waals surface area (Å²) in [5.74, 6) is 0. The van der Waals surface area contributed by atoms with E-state index < -0.39 is 0 Å². The van der Waals surface area contributed by atoms with Gasteiger partial charge in [0.1, 0.15) is 0 Å². The maximum Gasteiger partial charge on any atom is 0.0546 e. The zero-order valence-corrected chi connectivity index (χ0v) is 27.6. The fourth-order valence-corrected chi connectivity index (χ4v) is 7.69. The first-order chi connectivity index (χ1) is 23.0. The molecule has 0 heterocycles. The zero-order valence-electron chi connectivity index (χ0n) is 27.6. The van der Waals surface area contributed by atoms with Gasteiger partial charge in [0.15, 0.2) is 0 Å². The highest BCUT2D eigenvalue weighted by Gasteiger charge is 2.36. The first-order valence-electron chi connectivity index (χ1n) is 16.9. The Labute approximate surface area is 277 Å². The van der Waals surface area contributed by atoms with Gasteiger partial charge in [0.25, 0.3) is 0 Å². The van der Waals surface area contributed by atoms with E-state index in [0.717, 1.165) is 0 Å². The van der Waals surface area contributed by atoms with E-state index in [2.05, 4.69) is 184 Å². The van der Waals surface area contributed by atoms with Gasteiger partial charge >= 0.3 is 0 Å². The van der Waals surface area contributed by atoms with Crippen molar-refractivity contribution in [2.24, 2.45) is 0 Å². The molecule has 1 aliphatic carbocycles. The van der Waals surface area contributed by atoms with Crippen LogP contribution in [0.4, 0.5) is 17.1 Å². The molecule has 1 nitrogen and oxygen atoms in total. The van der Waals surface area contributed by atoms with Gasteiger partial charge in [0.2, 0.25) is 0 Å². The first-order valence-corrected chi connectivity index (χ1v) is 16.9. The lowest BCUT2D eigenvalue weighted by molar-refractivity contribution is 0.660. The van der Waals surface area contributed by atoms with Gasteiger partial charge in [0, 0.05) is 21.9 Å². The van der Waals surface area contributed by atoms with Crippen molar-refractivity contribution in [2.75, 3.05) is 4.90 Å². The number of benzene rings is 8. The molecular formula is C46H39N. The molecule has 8 aromatic carbocycles. The van der Waals surface area contributed by atoms with E-state index in [0.29, 0.717) is 0 Å². The Balaban J connectivity index is 0.00000104. The van der Waals surface area contributed by atoms with Crippen LogP contribution in [0.5, 0.6) is 0 Å². The van der Waals surface area contributed by atoms with Gasteiger partial charge in [-0.2, -0.15) is 0 Å². The number of hydrogen-bond donors (Lipinski definition) is 0. The van der Waals surface area contributed by atoms with Gasteiger partial charge < -0.3 is 4.90 Å². The molecule has 1 aliphatic rings. The Morgan fingerprint density at radius 2 is 0.915 bits per heavy atom. The van der Waals surface area contributed by atoms with Crippen molar-refractivity contribution in [3.63, 3.8) is 0 Å². The summed E-state index contributed by atoms with van der Waals surface area (Å²) in [6.07, 6.45) is 1.25. The van der Waals surface area contributed by atoms with Crippen molar-refractivity contribution >= 4 is 60.2 Å². The molecule has 0 radical (unpaired) electrons. The minimum absolute atomic E-state index is 0.0927. The maximum atomic E-state index is 2.52. The monoisotopic (exact) mass is 605 g/mol. The van der Waals surface area contributed by atoms with Crippen LogP contribution in [-0.2, 0) is 5.41 Å². The Kier molecular flexibility index (Phi) is 7.07. The molecule has 47 heavy (non-hydrogen) atoms. The van der Waals surface area contributed by atoms with Crippen LogP contribution in [0.3, 0.4) is 0 Å². The minimum atomic E-state index is -0.0927. The Bertz CT molecular complexity index is 2330. The molecule has 0 bridgehead atoms. The van der Waals surface area contributed by atoms with Crippen LogP contribution >= 0.6 is 0 Å². The second-order valence-corrected chi connectivity index (χ2v) is 13.3. The quantitative estimate of drug-likeness (QED) is 0.181. The average molecular weight is 606 g/mol. The summed E-state index contributed by atoms with van der Waals surface area (Å²) in [6, 6.07) is 56.0. The first kappa shape index (κ1) is 29.0. The molecule has 0 aromatic heterocycles. The Morgan fingerprint density at radius 1 is 0.447 bits per heavy atom. The summed E-state index contributed by atoms with van der Waals surface area (Å²) in [7, 11) is 0. The summed E-state index contributed by atoms with van der Waals surface area (Å²) in [5.41, 5.74) is 8.90. The minimum Gasteiger partial charge on any atom is -0.309 e. The van der Waals surface area contributed by atoms with Crippen molar-refractivity contribution in [3.8, 4) is 11.1 Å². The van der Waals surface area contributed by atoms with Crippen molar-refractivity contribution in [1.29, 1.82) is 0 Å². The predicted molar refractivity (Wildman–Crippen MR) is 205 cm³/mol. The normalized spacial score (nSPS) is 12.9. The molecular weight excluding hydrogens is 567 g/mol. The zero-order chi connectivity index (χ0) is 32.1. The summed E-state index contributed by atoms with van der Waals surface area (Å²) in [5, 5.41) is 10.1. The molecule has 228 valence electrons. The van der Waals surface area contributed by atoms with Crippen LogP contribution in [0.1, 0.15) is 45.2 Å². The fourth-order valence-electron chi connectivity index (χ4n) is 7.69.